The van der Waals surface area contributed by atoms with E-state index in [1.54, 1.807) is 37.3 Å². The molecule has 0 atom stereocenters. The number of para-hydroxylation sites is 1. The van der Waals surface area contributed by atoms with Crippen LogP contribution in [0.4, 0.5) is 5.69 Å². The van der Waals surface area contributed by atoms with Crippen molar-refractivity contribution in [3.8, 4) is 0 Å². The lowest BCUT2D eigenvalue weighted by atomic mass is 10.3. The molecule has 0 aliphatic heterocycles. The predicted octanol–water partition coefficient (Wildman–Crippen LogP) is 1.39. The van der Waals surface area contributed by atoms with E-state index in [2.05, 4.69) is 14.9 Å². The maximum atomic E-state index is 12.1. The summed E-state index contributed by atoms with van der Waals surface area (Å²) in [4.78, 5) is 11.4. The molecular formula is C12H13N3O4S. The summed E-state index contributed by atoms with van der Waals surface area (Å²) in [5, 5.41) is 5.72. The fourth-order valence-electron chi connectivity index (χ4n) is 1.47. The third-order valence-electron chi connectivity index (χ3n) is 2.35. The maximum absolute atomic E-state index is 12.1. The van der Waals surface area contributed by atoms with Gasteiger partial charge in [-0.3, -0.25) is 9.82 Å². The first-order valence-corrected chi connectivity index (χ1v) is 7.31. The van der Waals surface area contributed by atoms with E-state index in [4.69, 9.17) is 4.74 Å². The van der Waals surface area contributed by atoms with Gasteiger partial charge in [0.25, 0.3) is 10.0 Å². The molecule has 20 heavy (non-hydrogen) atoms. The Labute approximate surface area is 116 Å². The van der Waals surface area contributed by atoms with Gasteiger partial charge in [0, 0.05) is 11.8 Å². The first kappa shape index (κ1) is 14.1. The van der Waals surface area contributed by atoms with Crippen LogP contribution in [0.15, 0.2) is 41.4 Å². The molecule has 7 nitrogen and oxygen atoms in total. The molecule has 2 aromatic rings. The molecule has 8 heteroatoms. The lowest BCUT2D eigenvalue weighted by Crippen LogP contribution is -2.13. The topological polar surface area (TPSA) is 101 Å². The highest BCUT2D eigenvalue weighted by atomic mass is 32.2. The summed E-state index contributed by atoms with van der Waals surface area (Å²) in [6, 6.07) is 9.53. The van der Waals surface area contributed by atoms with E-state index in [-0.39, 0.29) is 17.3 Å². The highest BCUT2D eigenvalue weighted by Gasteiger charge is 2.20. The number of hydrogen-bond acceptors (Lipinski definition) is 5. The molecule has 0 saturated heterocycles. The Bertz CT molecular complexity index is 695. The second kappa shape index (κ2) is 5.74. The Balaban J connectivity index is 2.20. The Hall–Kier alpha value is -2.35. The average molecular weight is 295 g/mol. The summed E-state index contributed by atoms with van der Waals surface area (Å²) in [6.45, 7) is 1.84. The molecular weight excluding hydrogens is 282 g/mol. The number of H-pyrrole nitrogens is 1. The SMILES string of the molecule is CCOC(=O)c1cc(S(=O)(=O)Nc2ccccc2)[nH]n1. The van der Waals surface area contributed by atoms with Gasteiger partial charge < -0.3 is 4.74 Å². The first-order chi connectivity index (χ1) is 9.53. The molecule has 0 amide bonds. The number of esters is 1. The number of nitrogens with one attached hydrogen (secondary N) is 2. The number of nitrogens with zero attached hydrogens (tertiary/aromatic N) is 1. The zero-order valence-electron chi connectivity index (χ0n) is 10.7. The van der Waals surface area contributed by atoms with Crippen molar-refractivity contribution in [3.05, 3.63) is 42.1 Å². The summed E-state index contributed by atoms with van der Waals surface area (Å²) in [7, 11) is -3.82. The van der Waals surface area contributed by atoms with Crippen molar-refractivity contribution in [1.29, 1.82) is 0 Å². The third kappa shape index (κ3) is 3.15. The van der Waals surface area contributed by atoms with Crippen molar-refractivity contribution in [2.45, 2.75) is 11.9 Å². The van der Waals surface area contributed by atoms with Gasteiger partial charge in [-0.25, -0.2) is 4.79 Å². The van der Waals surface area contributed by atoms with Crippen LogP contribution in [0.5, 0.6) is 0 Å². The second-order valence-electron chi connectivity index (χ2n) is 3.81. The second-order valence-corrected chi connectivity index (χ2v) is 5.46. The third-order valence-corrected chi connectivity index (χ3v) is 3.65. The van der Waals surface area contributed by atoms with Crippen LogP contribution < -0.4 is 4.72 Å². The highest BCUT2D eigenvalue weighted by molar-refractivity contribution is 7.92. The van der Waals surface area contributed by atoms with Gasteiger partial charge >= 0.3 is 5.97 Å². The zero-order valence-corrected chi connectivity index (χ0v) is 11.5. The van der Waals surface area contributed by atoms with E-state index in [0.717, 1.165) is 6.07 Å². The first-order valence-electron chi connectivity index (χ1n) is 5.83. The molecule has 0 aliphatic rings. The number of rotatable bonds is 5. The van der Waals surface area contributed by atoms with E-state index in [1.807, 2.05) is 0 Å². The number of sulfonamides is 1. The monoisotopic (exact) mass is 295 g/mol. The molecule has 2 rings (SSSR count). The number of carbonyl (C=O) groups is 1. The van der Waals surface area contributed by atoms with Crippen LogP contribution in [0.2, 0.25) is 0 Å². The minimum atomic E-state index is -3.82. The van der Waals surface area contributed by atoms with E-state index in [1.165, 1.54) is 0 Å². The summed E-state index contributed by atoms with van der Waals surface area (Å²) < 4.78 is 31.2. The molecule has 0 unspecified atom stereocenters. The molecule has 0 bridgehead atoms. The zero-order chi connectivity index (χ0) is 14.6. The normalized spacial score (nSPS) is 11.1. The lowest BCUT2D eigenvalue weighted by Gasteiger charge is -2.04. The van der Waals surface area contributed by atoms with Crippen molar-refractivity contribution < 1.29 is 17.9 Å². The maximum Gasteiger partial charge on any atom is 0.358 e. The molecule has 0 saturated carbocycles. The minimum absolute atomic E-state index is 0.0831. The number of benzene rings is 1. The lowest BCUT2D eigenvalue weighted by molar-refractivity contribution is 0.0519. The largest absolute Gasteiger partial charge is 0.461 e. The molecule has 1 aromatic carbocycles. The van der Waals surface area contributed by atoms with Crippen LogP contribution in [0.1, 0.15) is 17.4 Å². The molecule has 0 radical (unpaired) electrons. The van der Waals surface area contributed by atoms with Crippen LogP contribution in [-0.2, 0) is 14.8 Å². The number of carbonyl (C=O) groups excluding carboxylic acids is 1. The molecule has 2 N–H and O–H groups in total. The average Bonchev–Trinajstić information content (AvgIpc) is 2.90. The minimum Gasteiger partial charge on any atom is -0.461 e. The summed E-state index contributed by atoms with van der Waals surface area (Å²) in [6.07, 6.45) is 0. The molecule has 1 aromatic heterocycles. The fourth-order valence-corrected chi connectivity index (χ4v) is 2.46. The van der Waals surface area contributed by atoms with Gasteiger partial charge in [0.05, 0.1) is 6.61 Å². The van der Waals surface area contributed by atoms with Crippen molar-refractivity contribution in [3.63, 3.8) is 0 Å². The van der Waals surface area contributed by atoms with E-state index in [9.17, 15) is 13.2 Å². The number of anilines is 1. The van der Waals surface area contributed by atoms with E-state index < -0.39 is 16.0 Å². The molecule has 106 valence electrons. The summed E-state index contributed by atoms with van der Waals surface area (Å²) in [5.41, 5.74) is 0.333. The van der Waals surface area contributed by atoms with Gasteiger partial charge in [-0.15, -0.1) is 0 Å². The van der Waals surface area contributed by atoms with Gasteiger partial charge in [0.15, 0.2) is 10.7 Å². The Kier molecular flexibility index (Phi) is 4.04. The van der Waals surface area contributed by atoms with Gasteiger partial charge in [-0.1, -0.05) is 18.2 Å². The highest BCUT2D eigenvalue weighted by Crippen LogP contribution is 2.14. The number of ether oxygens (including phenoxy) is 1. The van der Waals surface area contributed by atoms with Crippen LogP contribution in [-0.4, -0.2) is 31.2 Å². The van der Waals surface area contributed by atoms with Gasteiger partial charge in [0.1, 0.15) is 0 Å². The van der Waals surface area contributed by atoms with Crippen LogP contribution in [0.3, 0.4) is 0 Å². The van der Waals surface area contributed by atoms with Crippen LogP contribution in [0.25, 0.3) is 0 Å². The quantitative estimate of drug-likeness (QED) is 0.812. The predicted molar refractivity (Wildman–Crippen MR) is 71.8 cm³/mol. The number of hydrogen-bond donors (Lipinski definition) is 2. The van der Waals surface area contributed by atoms with Gasteiger partial charge in [0.2, 0.25) is 0 Å². The smallest absolute Gasteiger partial charge is 0.358 e. The van der Waals surface area contributed by atoms with Crippen molar-refractivity contribution in [1.82, 2.24) is 10.2 Å². The van der Waals surface area contributed by atoms with Gasteiger partial charge in [-0.2, -0.15) is 13.5 Å². The Morgan fingerprint density at radius 2 is 2.05 bits per heavy atom. The fraction of sp³-hybridized carbons (Fsp3) is 0.167. The molecule has 0 fully saturated rings. The molecule has 1 heterocycles. The Morgan fingerprint density at radius 1 is 1.35 bits per heavy atom. The summed E-state index contributed by atoms with van der Waals surface area (Å²) in [5.74, 6) is -0.676. The molecule has 0 aliphatic carbocycles. The summed E-state index contributed by atoms with van der Waals surface area (Å²) >= 11 is 0. The van der Waals surface area contributed by atoms with Crippen molar-refractivity contribution >= 4 is 21.7 Å². The molecule has 0 spiro atoms. The number of aromatic nitrogens is 2. The van der Waals surface area contributed by atoms with Crippen molar-refractivity contribution in [2.24, 2.45) is 0 Å². The van der Waals surface area contributed by atoms with E-state index in [0.29, 0.717) is 5.69 Å². The van der Waals surface area contributed by atoms with Crippen molar-refractivity contribution in [2.75, 3.05) is 11.3 Å². The van der Waals surface area contributed by atoms with Crippen LogP contribution in [0, 0.1) is 0 Å². The van der Waals surface area contributed by atoms with E-state index >= 15 is 0 Å². The standard InChI is InChI=1S/C12H13N3O4S/c1-2-19-12(16)10-8-11(14-13-10)20(17,18)15-9-6-4-3-5-7-9/h3-8,15H,2H2,1H3,(H,13,14). The number of aromatic amines is 1. The Morgan fingerprint density at radius 3 is 2.70 bits per heavy atom. The van der Waals surface area contributed by atoms with Crippen LogP contribution >= 0.6 is 0 Å². The van der Waals surface area contributed by atoms with Gasteiger partial charge in [-0.05, 0) is 19.1 Å².